The molecule has 6 nitrogen and oxygen atoms in total. The normalized spacial score (nSPS) is 19.0. The summed E-state index contributed by atoms with van der Waals surface area (Å²) < 4.78 is 7.88. The van der Waals surface area contributed by atoms with E-state index in [0.717, 1.165) is 30.9 Å². The molecule has 1 atom stereocenters. The van der Waals surface area contributed by atoms with Gasteiger partial charge in [0.2, 0.25) is 11.8 Å². The summed E-state index contributed by atoms with van der Waals surface area (Å²) in [6.45, 7) is 6.67. The average Bonchev–Trinajstić information content (AvgIpc) is 3.25. The second-order valence-corrected chi connectivity index (χ2v) is 6.05. The molecular weight excluding hydrogens is 290 g/mol. The van der Waals surface area contributed by atoms with Crippen LogP contribution in [0.1, 0.15) is 43.4 Å². The Labute approximate surface area is 135 Å². The largest absolute Gasteiger partial charge is 0.424 e. The Bertz CT molecular complexity index is 821. The number of aromatic nitrogens is 4. The van der Waals surface area contributed by atoms with Gasteiger partial charge in [-0.25, -0.2) is 4.98 Å². The maximum Gasteiger partial charge on any atom is 0.230 e. The number of nitrogens with zero attached hydrogens (tertiary/aromatic N) is 5. The van der Waals surface area contributed by atoms with Crippen LogP contribution >= 0.6 is 0 Å². The lowest BCUT2D eigenvalue weighted by Gasteiger charge is -2.23. The monoisotopic (exact) mass is 311 g/mol. The van der Waals surface area contributed by atoms with E-state index in [9.17, 15) is 0 Å². The molecule has 0 bridgehead atoms. The van der Waals surface area contributed by atoms with Crippen molar-refractivity contribution in [1.82, 2.24) is 24.6 Å². The SMILES string of the molecule is CCn1c([C@H]2CCCN2Cc2nnc(C)o2)nc2ccccc21. The van der Waals surface area contributed by atoms with Crippen molar-refractivity contribution >= 4 is 11.0 Å². The van der Waals surface area contributed by atoms with Gasteiger partial charge in [-0.3, -0.25) is 4.90 Å². The van der Waals surface area contributed by atoms with Crippen LogP contribution in [0.2, 0.25) is 0 Å². The van der Waals surface area contributed by atoms with E-state index < -0.39 is 0 Å². The Kier molecular flexibility index (Phi) is 3.61. The zero-order valence-corrected chi connectivity index (χ0v) is 13.6. The van der Waals surface area contributed by atoms with Gasteiger partial charge >= 0.3 is 0 Å². The lowest BCUT2D eigenvalue weighted by molar-refractivity contribution is 0.212. The van der Waals surface area contributed by atoms with Crippen molar-refractivity contribution in [2.75, 3.05) is 6.54 Å². The topological polar surface area (TPSA) is 60.0 Å². The highest BCUT2D eigenvalue weighted by Crippen LogP contribution is 2.34. The van der Waals surface area contributed by atoms with Gasteiger partial charge in [0.1, 0.15) is 5.82 Å². The molecule has 3 aromatic rings. The van der Waals surface area contributed by atoms with E-state index in [1.807, 2.05) is 13.0 Å². The van der Waals surface area contributed by atoms with Gasteiger partial charge in [0.05, 0.1) is 23.6 Å². The summed E-state index contributed by atoms with van der Waals surface area (Å²) in [7, 11) is 0. The van der Waals surface area contributed by atoms with E-state index in [-0.39, 0.29) is 0 Å². The van der Waals surface area contributed by atoms with Crippen LogP contribution in [0.4, 0.5) is 0 Å². The van der Waals surface area contributed by atoms with Crippen molar-refractivity contribution < 1.29 is 4.42 Å². The standard InChI is InChI=1S/C17H21N5O/c1-3-22-14-8-5-4-7-13(14)18-17(22)15-9-6-10-21(15)11-16-20-19-12(2)23-16/h4-5,7-8,15H,3,6,9-11H2,1-2H3/t15-/m1/s1. The third kappa shape index (κ3) is 2.53. The fourth-order valence-electron chi connectivity index (χ4n) is 3.56. The molecule has 1 aliphatic rings. The molecule has 0 saturated carbocycles. The van der Waals surface area contributed by atoms with Crippen LogP contribution in [0, 0.1) is 6.92 Å². The molecule has 0 spiro atoms. The van der Waals surface area contributed by atoms with Crippen LogP contribution in [0.3, 0.4) is 0 Å². The Morgan fingerprint density at radius 2 is 2.13 bits per heavy atom. The first-order valence-electron chi connectivity index (χ1n) is 8.24. The molecular formula is C17H21N5O. The van der Waals surface area contributed by atoms with E-state index in [1.54, 1.807) is 0 Å². The van der Waals surface area contributed by atoms with E-state index in [2.05, 4.69) is 44.8 Å². The van der Waals surface area contributed by atoms with Crippen LogP contribution in [0.15, 0.2) is 28.7 Å². The molecule has 4 rings (SSSR count). The van der Waals surface area contributed by atoms with Crippen LogP contribution in [-0.2, 0) is 13.1 Å². The summed E-state index contributed by atoms with van der Waals surface area (Å²) >= 11 is 0. The first-order chi connectivity index (χ1) is 11.3. The summed E-state index contributed by atoms with van der Waals surface area (Å²) in [4.78, 5) is 7.32. The Balaban J connectivity index is 1.68. The second-order valence-electron chi connectivity index (χ2n) is 6.05. The minimum Gasteiger partial charge on any atom is -0.424 e. The van der Waals surface area contributed by atoms with Gasteiger partial charge in [-0.2, -0.15) is 0 Å². The molecule has 23 heavy (non-hydrogen) atoms. The number of hydrogen-bond acceptors (Lipinski definition) is 5. The molecule has 1 aliphatic heterocycles. The number of fused-ring (bicyclic) bond motifs is 1. The summed E-state index contributed by atoms with van der Waals surface area (Å²) in [5.41, 5.74) is 2.29. The molecule has 3 heterocycles. The highest BCUT2D eigenvalue weighted by molar-refractivity contribution is 5.76. The molecule has 120 valence electrons. The molecule has 6 heteroatoms. The summed E-state index contributed by atoms with van der Waals surface area (Å²) in [5.74, 6) is 2.47. The molecule has 1 fully saturated rings. The van der Waals surface area contributed by atoms with Gasteiger partial charge < -0.3 is 8.98 Å². The van der Waals surface area contributed by atoms with Crippen molar-refractivity contribution in [3.05, 3.63) is 41.9 Å². The van der Waals surface area contributed by atoms with Crippen LogP contribution < -0.4 is 0 Å². The second kappa shape index (κ2) is 5.77. The first-order valence-corrected chi connectivity index (χ1v) is 8.24. The number of benzene rings is 1. The van der Waals surface area contributed by atoms with E-state index in [4.69, 9.17) is 9.40 Å². The van der Waals surface area contributed by atoms with Crippen molar-refractivity contribution in [2.24, 2.45) is 0 Å². The Morgan fingerprint density at radius 3 is 2.91 bits per heavy atom. The van der Waals surface area contributed by atoms with Crippen LogP contribution in [0.25, 0.3) is 11.0 Å². The number of aryl methyl sites for hydroxylation is 2. The molecule has 0 aliphatic carbocycles. The fourth-order valence-corrected chi connectivity index (χ4v) is 3.56. The summed E-state index contributed by atoms with van der Waals surface area (Å²) in [6, 6.07) is 8.68. The van der Waals surface area contributed by atoms with E-state index in [1.165, 1.54) is 11.9 Å². The van der Waals surface area contributed by atoms with Crippen molar-refractivity contribution in [2.45, 2.75) is 45.8 Å². The third-order valence-electron chi connectivity index (χ3n) is 4.57. The van der Waals surface area contributed by atoms with Gasteiger partial charge in [0, 0.05) is 13.5 Å². The molecule has 0 radical (unpaired) electrons. The van der Waals surface area contributed by atoms with Gasteiger partial charge in [-0.15, -0.1) is 10.2 Å². The third-order valence-corrected chi connectivity index (χ3v) is 4.57. The maximum atomic E-state index is 5.55. The number of imidazole rings is 1. The number of para-hydroxylation sites is 2. The Morgan fingerprint density at radius 1 is 1.26 bits per heavy atom. The quantitative estimate of drug-likeness (QED) is 0.741. The maximum absolute atomic E-state index is 5.55. The van der Waals surface area contributed by atoms with Crippen LogP contribution in [0.5, 0.6) is 0 Å². The van der Waals surface area contributed by atoms with Crippen molar-refractivity contribution in [1.29, 1.82) is 0 Å². The number of likely N-dealkylation sites (tertiary alicyclic amines) is 1. The lowest BCUT2D eigenvalue weighted by atomic mass is 10.2. The van der Waals surface area contributed by atoms with Gasteiger partial charge in [-0.05, 0) is 38.4 Å². The van der Waals surface area contributed by atoms with E-state index in [0.29, 0.717) is 24.4 Å². The van der Waals surface area contributed by atoms with Crippen molar-refractivity contribution in [3.63, 3.8) is 0 Å². The predicted octanol–water partition coefficient (Wildman–Crippen LogP) is 3.08. The summed E-state index contributed by atoms with van der Waals surface area (Å²) in [5, 5.41) is 8.07. The number of hydrogen-bond donors (Lipinski definition) is 0. The molecule has 1 aromatic carbocycles. The van der Waals surface area contributed by atoms with Gasteiger partial charge in [-0.1, -0.05) is 12.1 Å². The molecule has 2 aromatic heterocycles. The van der Waals surface area contributed by atoms with Crippen molar-refractivity contribution in [3.8, 4) is 0 Å². The zero-order chi connectivity index (χ0) is 15.8. The Hall–Kier alpha value is -2.21. The smallest absolute Gasteiger partial charge is 0.230 e. The minimum atomic E-state index is 0.314. The van der Waals surface area contributed by atoms with Crippen LogP contribution in [-0.4, -0.2) is 31.2 Å². The fraction of sp³-hybridized carbons (Fsp3) is 0.471. The molecule has 1 saturated heterocycles. The minimum absolute atomic E-state index is 0.314. The highest BCUT2D eigenvalue weighted by atomic mass is 16.4. The molecule has 0 amide bonds. The van der Waals surface area contributed by atoms with Gasteiger partial charge in [0.15, 0.2) is 0 Å². The summed E-state index contributed by atoms with van der Waals surface area (Å²) in [6.07, 6.45) is 2.29. The zero-order valence-electron chi connectivity index (χ0n) is 13.6. The average molecular weight is 311 g/mol. The number of rotatable bonds is 4. The van der Waals surface area contributed by atoms with E-state index >= 15 is 0 Å². The van der Waals surface area contributed by atoms with Gasteiger partial charge in [0.25, 0.3) is 0 Å². The molecule has 0 N–H and O–H groups in total. The molecule has 0 unspecified atom stereocenters. The highest BCUT2D eigenvalue weighted by Gasteiger charge is 2.31. The lowest BCUT2D eigenvalue weighted by Crippen LogP contribution is -2.25. The predicted molar refractivity (Wildman–Crippen MR) is 86.8 cm³/mol. The first kappa shape index (κ1) is 14.4.